The molecule has 21 heavy (non-hydrogen) atoms. The maximum absolute atomic E-state index is 13.2. The first-order valence-corrected chi connectivity index (χ1v) is 9.13. The predicted octanol–water partition coefficient (Wildman–Crippen LogP) is 3.38. The molecule has 0 N–H and O–H groups in total. The standard InChI is InChI=1S/C12H8ClFN2O2S3/c1-16-8-3-2-7(14)6-9(8)19-12(16)15-21(17,18)11-5-4-10(13)20-11/h2-6H,1H3/b15-12-. The van der Waals surface area contributed by atoms with E-state index in [1.807, 2.05) is 0 Å². The zero-order valence-electron chi connectivity index (χ0n) is 10.6. The SMILES string of the molecule is Cn1/c(=N/S(=O)(=O)c2ccc(Cl)s2)sc2cc(F)ccc21. The third kappa shape index (κ3) is 2.76. The number of aryl methyl sites for hydroxylation is 1. The lowest BCUT2D eigenvalue weighted by Crippen LogP contribution is -2.13. The van der Waals surface area contributed by atoms with Crippen molar-refractivity contribution in [2.24, 2.45) is 11.4 Å². The molecule has 2 heterocycles. The Morgan fingerprint density at radius 1 is 1.24 bits per heavy atom. The molecular formula is C12H8ClFN2O2S3. The predicted molar refractivity (Wildman–Crippen MR) is 82.8 cm³/mol. The summed E-state index contributed by atoms with van der Waals surface area (Å²) in [6, 6.07) is 7.20. The molecule has 0 atom stereocenters. The van der Waals surface area contributed by atoms with Crippen molar-refractivity contribution in [2.45, 2.75) is 4.21 Å². The van der Waals surface area contributed by atoms with E-state index < -0.39 is 10.0 Å². The second kappa shape index (κ2) is 5.20. The summed E-state index contributed by atoms with van der Waals surface area (Å²) in [6.45, 7) is 0. The molecule has 0 aliphatic rings. The van der Waals surface area contributed by atoms with Gasteiger partial charge in [0.05, 0.1) is 14.6 Å². The molecule has 0 saturated carbocycles. The lowest BCUT2D eigenvalue weighted by molar-refractivity contribution is 0.598. The molecule has 2 aromatic heterocycles. The van der Waals surface area contributed by atoms with Gasteiger partial charge >= 0.3 is 0 Å². The van der Waals surface area contributed by atoms with Gasteiger partial charge in [0.2, 0.25) is 4.80 Å². The number of hydrogen-bond acceptors (Lipinski definition) is 4. The van der Waals surface area contributed by atoms with Crippen molar-refractivity contribution >= 4 is 54.5 Å². The van der Waals surface area contributed by atoms with Gasteiger partial charge in [-0.2, -0.15) is 8.42 Å². The van der Waals surface area contributed by atoms with Crippen molar-refractivity contribution in [2.75, 3.05) is 0 Å². The average molecular weight is 363 g/mol. The summed E-state index contributed by atoms with van der Waals surface area (Å²) >= 11 is 7.81. The van der Waals surface area contributed by atoms with Crippen LogP contribution < -0.4 is 4.80 Å². The van der Waals surface area contributed by atoms with Crippen LogP contribution in [0.3, 0.4) is 0 Å². The molecule has 9 heteroatoms. The van der Waals surface area contributed by atoms with Gasteiger partial charge in [-0.1, -0.05) is 22.9 Å². The van der Waals surface area contributed by atoms with Crippen LogP contribution in [-0.4, -0.2) is 13.0 Å². The fourth-order valence-electron chi connectivity index (χ4n) is 1.78. The minimum Gasteiger partial charge on any atom is -0.319 e. The van der Waals surface area contributed by atoms with Crippen LogP contribution in [0, 0.1) is 5.82 Å². The zero-order chi connectivity index (χ0) is 15.2. The maximum Gasteiger partial charge on any atom is 0.294 e. The summed E-state index contributed by atoms with van der Waals surface area (Å²) in [6.07, 6.45) is 0. The molecule has 3 rings (SSSR count). The van der Waals surface area contributed by atoms with Crippen LogP contribution in [0.15, 0.2) is 38.9 Å². The summed E-state index contributed by atoms with van der Waals surface area (Å²) in [5.41, 5.74) is 0.722. The van der Waals surface area contributed by atoms with E-state index in [4.69, 9.17) is 11.6 Å². The van der Waals surface area contributed by atoms with Crippen molar-refractivity contribution in [3.8, 4) is 0 Å². The van der Waals surface area contributed by atoms with Gasteiger partial charge in [-0.05, 0) is 30.3 Å². The topological polar surface area (TPSA) is 51.4 Å². The molecule has 0 saturated heterocycles. The van der Waals surface area contributed by atoms with Gasteiger partial charge in [0.25, 0.3) is 10.0 Å². The van der Waals surface area contributed by atoms with Gasteiger partial charge < -0.3 is 4.57 Å². The molecule has 0 fully saturated rings. The molecule has 4 nitrogen and oxygen atoms in total. The molecular weight excluding hydrogens is 355 g/mol. The number of halogens is 2. The third-order valence-electron chi connectivity index (χ3n) is 2.77. The Hall–Kier alpha value is -1.22. The van der Waals surface area contributed by atoms with Crippen LogP contribution in [0.2, 0.25) is 4.34 Å². The van der Waals surface area contributed by atoms with Crippen LogP contribution in [0.4, 0.5) is 4.39 Å². The highest BCUT2D eigenvalue weighted by Gasteiger charge is 2.16. The van der Waals surface area contributed by atoms with Crippen LogP contribution in [0.1, 0.15) is 0 Å². The Morgan fingerprint density at radius 2 is 2.00 bits per heavy atom. The second-order valence-electron chi connectivity index (χ2n) is 4.18. The van der Waals surface area contributed by atoms with E-state index >= 15 is 0 Å². The van der Waals surface area contributed by atoms with E-state index in [1.165, 1.54) is 24.3 Å². The minimum atomic E-state index is -3.82. The molecule has 0 aliphatic heterocycles. The number of aromatic nitrogens is 1. The highest BCUT2D eigenvalue weighted by molar-refractivity contribution is 7.92. The number of thiophene rings is 1. The fraction of sp³-hybridized carbons (Fsp3) is 0.0833. The number of thiazole rings is 1. The largest absolute Gasteiger partial charge is 0.319 e. The lowest BCUT2D eigenvalue weighted by atomic mass is 10.3. The van der Waals surface area contributed by atoms with Crippen molar-refractivity contribution < 1.29 is 12.8 Å². The quantitative estimate of drug-likeness (QED) is 0.701. The minimum absolute atomic E-state index is 0.0798. The zero-order valence-corrected chi connectivity index (χ0v) is 13.8. The summed E-state index contributed by atoms with van der Waals surface area (Å²) in [7, 11) is -2.13. The summed E-state index contributed by atoms with van der Waals surface area (Å²) < 4.78 is 44.2. The molecule has 0 bridgehead atoms. The Kier molecular flexibility index (Phi) is 3.64. The Morgan fingerprint density at radius 3 is 2.67 bits per heavy atom. The number of sulfonamides is 1. The van der Waals surface area contributed by atoms with Crippen molar-refractivity contribution in [3.05, 3.63) is 45.3 Å². The molecule has 0 amide bonds. The van der Waals surface area contributed by atoms with E-state index in [-0.39, 0.29) is 14.8 Å². The lowest BCUT2D eigenvalue weighted by Gasteiger charge is -1.95. The summed E-state index contributed by atoms with van der Waals surface area (Å²) in [5.74, 6) is -0.371. The Bertz CT molecular complexity index is 1000. The molecule has 3 aromatic rings. The highest BCUT2D eigenvalue weighted by atomic mass is 35.5. The Labute approximate surface area is 132 Å². The number of nitrogens with zero attached hydrogens (tertiary/aromatic N) is 2. The summed E-state index contributed by atoms with van der Waals surface area (Å²) in [4.78, 5) is 0.278. The fourth-order valence-corrected chi connectivity index (χ4v) is 5.51. The van der Waals surface area contributed by atoms with E-state index in [1.54, 1.807) is 17.7 Å². The number of rotatable bonds is 2. The number of benzene rings is 1. The van der Waals surface area contributed by atoms with Crippen molar-refractivity contribution in [1.29, 1.82) is 0 Å². The second-order valence-corrected chi connectivity index (χ2v) is 8.74. The maximum atomic E-state index is 13.2. The van der Waals surface area contributed by atoms with E-state index in [9.17, 15) is 12.8 Å². The average Bonchev–Trinajstić information content (AvgIpc) is 2.95. The van der Waals surface area contributed by atoms with Gasteiger partial charge in [0, 0.05) is 7.05 Å². The first kappa shape index (κ1) is 14.7. The van der Waals surface area contributed by atoms with Gasteiger partial charge in [0.15, 0.2) is 0 Å². The van der Waals surface area contributed by atoms with E-state index in [2.05, 4.69) is 4.40 Å². The van der Waals surface area contributed by atoms with Crippen molar-refractivity contribution in [1.82, 2.24) is 4.57 Å². The molecule has 0 aliphatic carbocycles. The molecule has 0 radical (unpaired) electrons. The van der Waals surface area contributed by atoms with Crippen LogP contribution in [-0.2, 0) is 17.1 Å². The van der Waals surface area contributed by atoms with Gasteiger partial charge in [0.1, 0.15) is 10.0 Å². The smallest absolute Gasteiger partial charge is 0.294 e. The van der Waals surface area contributed by atoms with Crippen LogP contribution in [0.5, 0.6) is 0 Å². The van der Waals surface area contributed by atoms with E-state index in [0.717, 1.165) is 28.2 Å². The first-order chi connectivity index (χ1) is 9.87. The normalized spacial score (nSPS) is 13.2. The molecule has 0 spiro atoms. The van der Waals surface area contributed by atoms with Gasteiger partial charge in [-0.15, -0.1) is 15.7 Å². The summed E-state index contributed by atoms with van der Waals surface area (Å²) in [5, 5.41) is 0. The van der Waals surface area contributed by atoms with Crippen molar-refractivity contribution in [3.63, 3.8) is 0 Å². The highest BCUT2D eigenvalue weighted by Crippen LogP contribution is 2.27. The molecule has 110 valence electrons. The molecule has 1 aromatic carbocycles. The third-order valence-corrected chi connectivity index (χ3v) is 6.95. The Balaban J connectivity index is 2.22. The van der Waals surface area contributed by atoms with E-state index in [0.29, 0.717) is 9.04 Å². The molecule has 0 unspecified atom stereocenters. The first-order valence-electron chi connectivity index (χ1n) is 5.68. The van der Waals surface area contributed by atoms with Crippen LogP contribution in [0.25, 0.3) is 10.2 Å². The number of hydrogen-bond donors (Lipinski definition) is 0. The van der Waals surface area contributed by atoms with Gasteiger partial charge in [-0.3, -0.25) is 0 Å². The van der Waals surface area contributed by atoms with Gasteiger partial charge in [-0.25, -0.2) is 4.39 Å². The monoisotopic (exact) mass is 362 g/mol. The van der Waals surface area contributed by atoms with Crippen LogP contribution >= 0.6 is 34.3 Å². The number of fused-ring (bicyclic) bond motifs is 1.